The number of rotatable bonds is 7. The second kappa shape index (κ2) is 9.36. The van der Waals surface area contributed by atoms with Crippen LogP contribution in [0.5, 0.6) is 0 Å². The third kappa shape index (κ3) is 5.43. The molecule has 0 heterocycles. The van der Waals surface area contributed by atoms with Gasteiger partial charge >= 0.3 is 0 Å². The number of carbonyl (C=O) groups is 1. The van der Waals surface area contributed by atoms with Gasteiger partial charge in [-0.15, -0.1) is 11.8 Å². The van der Waals surface area contributed by atoms with Gasteiger partial charge in [0.05, 0.1) is 17.7 Å². The molecule has 0 aliphatic rings. The highest BCUT2D eigenvalue weighted by Gasteiger charge is 2.26. The molecule has 28 heavy (non-hydrogen) atoms. The van der Waals surface area contributed by atoms with Crippen LogP contribution in [0.2, 0.25) is 0 Å². The Morgan fingerprint density at radius 2 is 1.71 bits per heavy atom. The SMILES string of the molecule is CSc1ccc(/C=N\NC(=O)CN(C)S(=O)(=O)c2c(C)cc(C)cc2C)cc1. The molecule has 150 valence electrons. The Hall–Kier alpha value is -2.16. The molecule has 0 saturated heterocycles. The van der Waals surface area contributed by atoms with Crippen molar-refractivity contribution >= 4 is 33.9 Å². The number of likely N-dealkylation sites (N-methyl/N-ethyl adjacent to an activating group) is 1. The van der Waals surface area contributed by atoms with Crippen molar-refractivity contribution in [1.29, 1.82) is 0 Å². The van der Waals surface area contributed by atoms with Crippen LogP contribution >= 0.6 is 11.8 Å². The molecule has 6 nitrogen and oxygen atoms in total. The lowest BCUT2D eigenvalue weighted by molar-refractivity contribution is -0.121. The van der Waals surface area contributed by atoms with Gasteiger partial charge < -0.3 is 0 Å². The van der Waals surface area contributed by atoms with Gasteiger partial charge in [0.15, 0.2) is 0 Å². The summed E-state index contributed by atoms with van der Waals surface area (Å²) in [6.45, 7) is 5.11. The summed E-state index contributed by atoms with van der Waals surface area (Å²) in [6, 6.07) is 11.3. The number of amides is 1. The summed E-state index contributed by atoms with van der Waals surface area (Å²) in [4.78, 5) is 13.5. The summed E-state index contributed by atoms with van der Waals surface area (Å²) in [6.07, 6.45) is 3.51. The van der Waals surface area contributed by atoms with Gasteiger partial charge in [-0.25, -0.2) is 13.8 Å². The van der Waals surface area contributed by atoms with Crippen molar-refractivity contribution < 1.29 is 13.2 Å². The number of thioether (sulfide) groups is 1. The fourth-order valence-electron chi connectivity index (χ4n) is 2.92. The van der Waals surface area contributed by atoms with E-state index >= 15 is 0 Å². The van der Waals surface area contributed by atoms with E-state index in [1.807, 2.05) is 49.6 Å². The van der Waals surface area contributed by atoms with E-state index in [2.05, 4.69) is 10.5 Å². The topological polar surface area (TPSA) is 78.8 Å². The minimum atomic E-state index is -3.78. The summed E-state index contributed by atoms with van der Waals surface area (Å²) >= 11 is 1.64. The van der Waals surface area contributed by atoms with Gasteiger partial charge in [0.25, 0.3) is 5.91 Å². The Morgan fingerprint density at radius 3 is 2.25 bits per heavy atom. The summed E-state index contributed by atoms with van der Waals surface area (Å²) < 4.78 is 26.8. The zero-order chi connectivity index (χ0) is 20.9. The van der Waals surface area contributed by atoms with Gasteiger partial charge in [-0.2, -0.15) is 9.41 Å². The van der Waals surface area contributed by atoms with Crippen LogP contribution in [0.15, 0.2) is 51.3 Å². The van der Waals surface area contributed by atoms with Gasteiger partial charge in [0, 0.05) is 11.9 Å². The molecule has 2 aromatic carbocycles. The van der Waals surface area contributed by atoms with Crippen molar-refractivity contribution in [2.45, 2.75) is 30.6 Å². The fraction of sp³-hybridized carbons (Fsp3) is 0.300. The van der Waals surface area contributed by atoms with E-state index in [0.29, 0.717) is 11.1 Å². The van der Waals surface area contributed by atoms with Crippen molar-refractivity contribution in [2.24, 2.45) is 5.10 Å². The van der Waals surface area contributed by atoms with Crippen LogP contribution in [-0.2, 0) is 14.8 Å². The van der Waals surface area contributed by atoms with Crippen molar-refractivity contribution in [3.05, 3.63) is 58.7 Å². The molecule has 1 N–H and O–H groups in total. The van der Waals surface area contributed by atoms with Gasteiger partial charge in [-0.05, 0) is 55.9 Å². The first-order valence-corrected chi connectivity index (χ1v) is 11.3. The highest BCUT2D eigenvalue weighted by molar-refractivity contribution is 7.98. The van der Waals surface area contributed by atoms with Crippen LogP contribution in [0, 0.1) is 20.8 Å². The highest BCUT2D eigenvalue weighted by atomic mass is 32.2. The van der Waals surface area contributed by atoms with Gasteiger partial charge in [0.1, 0.15) is 0 Å². The number of hydrazone groups is 1. The Morgan fingerprint density at radius 1 is 1.14 bits per heavy atom. The average molecular weight is 420 g/mol. The van der Waals surface area contributed by atoms with Crippen molar-refractivity contribution in [1.82, 2.24) is 9.73 Å². The fourth-order valence-corrected chi connectivity index (χ4v) is 4.86. The third-order valence-corrected chi connectivity index (χ3v) is 7.01. The minimum absolute atomic E-state index is 0.241. The van der Waals surface area contributed by atoms with E-state index in [1.165, 1.54) is 13.3 Å². The van der Waals surface area contributed by atoms with Crippen molar-refractivity contribution in [2.75, 3.05) is 19.8 Å². The molecule has 0 fully saturated rings. The van der Waals surface area contributed by atoms with Crippen molar-refractivity contribution in [3.63, 3.8) is 0 Å². The standard InChI is InChI=1S/C20H25N3O3S2/c1-14-10-15(2)20(16(3)11-14)28(25,26)23(4)13-19(24)22-21-12-17-6-8-18(27-5)9-7-17/h6-12H,13H2,1-5H3,(H,22,24)/b21-12-. The molecule has 0 unspecified atom stereocenters. The molecule has 0 aliphatic carbocycles. The zero-order valence-corrected chi connectivity index (χ0v) is 18.3. The molecule has 0 atom stereocenters. The van der Waals surface area contributed by atoms with E-state index in [9.17, 15) is 13.2 Å². The first kappa shape index (κ1) is 22.1. The van der Waals surface area contributed by atoms with Gasteiger partial charge in [-0.1, -0.05) is 29.8 Å². The summed E-state index contributed by atoms with van der Waals surface area (Å²) in [5.41, 5.74) is 5.53. The van der Waals surface area contributed by atoms with Gasteiger partial charge in [-0.3, -0.25) is 4.79 Å². The average Bonchev–Trinajstić information content (AvgIpc) is 2.61. The maximum absolute atomic E-state index is 12.9. The largest absolute Gasteiger partial charge is 0.272 e. The number of sulfonamides is 1. The molecule has 0 aromatic heterocycles. The summed E-state index contributed by atoms with van der Waals surface area (Å²) in [7, 11) is -2.39. The number of carbonyl (C=O) groups excluding carboxylic acids is 1. The lowest BCUT2D eigenvalue weighted by Gasteiger charge is -2.19. The normalized spacial score (nSPS) is 11.9. The predicted molar refractivity (Wildman–Crippen MR) is 114 cm³/mol. The lowest BCUT2D eigenvalue weighted by atomic mass is 10.1. The summed E-state index contributed by atoms with van der Waals surface area (Å²) in [5, 5.41) is 3.90. The van der Waals surface area contributed by atoms with Crippen molar-refractivity contribution in [3.8, 4) is 0 Å². The smallest absolute Gasteiger partial charge is 0.255 e. The molecule has 8 heteroatoms. The number of nitrogens with zero attached hydrogens (tertiary/aromatic N) is 2. The number of benzene rings is 2. The first-order valence-electron chi connectivity index (χ1n) is 8.65. The second-order valence-electron chi connectivity index (χ2n) is 6.56. The lowest BCUT2D eigenvalue weighted by Crippen LogP contribution is -2.37. The Balaban J connectivity index is 2.04. The maximum Gasteiger partial charge on any atom is 0.255 e. The zero-order valence-electron chi connectivity index (χ0n) is 16.7. The number of hydrogen-bond acceptors (Lipinski definition) is 5. The highest BCUT2D eigenvalue weighted by Crippen LogP contribution is 2.24. The van der Waals surface area contributed by atoms with Crippen LogP contribution in [0.4, 0.5) is 0 Å². The summed E-state index contributed by atoms with van der Waals surface area (Å²) in [5.74, 6) is -0.509. The number of aryl methyl sites for hydroxylation is 3. The first-order chi connectivity index (χ1) is 13.1. The number of nitrogens with one attached hydrogen (secondary N) is 1. The van der Waals surface area contributed by atoms with Crippen LogP contribution in [0.25, 0.3) is 0 Å². The van der Waals surface area contributed by atoms with Crippen LogP contribution in [0.1, 0.15) is 22.3 Å². The monoisotopic (exact) mass is 419 g/mol. The molecule has 0 radical (unpaired) electrons. The number of hydrogen-bond donors (Lipinski definition) is 1. The molecular weight excluding hydrogens is 394 g/mol. The van der Waals surface area contributed by atoms with E-state index < -0.39 is 15.9 Å². The molecule has 2 rings (SSSR count). The van der Waals surface area contributed by atoms with E-state index in [0.717, 1.165) is 20.3 Å². The molecular formula is C20H25N3O3S2. The van der Waals surface area contributed by atoms with Crippen LogP contribution < -0.4 is 5.43 Å². The quantitative estimate of drug-likeness (QED) is 0.425. The van der Waals surface area contributed by atoms with Crippen LogP contribution in [-0.4, -0.2) is 44.7 Å². The second-order valence-corrected chi connectivity index (χ2v) is 9.42. The Labute approximate surface area is 171 Å². The molecule has 0 saturated carbocycles. The van der Waals surface area contributed by atoms with E-state index in [4.69, 9.17) is 0 Å². The van der Waals surface area contributed by atoms with E-state index in [1.54, 1.807) is 25.6 Å². The van der Waals surface area contributed by atoms with E-state index in [-0.39, 0.29) is 11.4 Å². The maximum atomic E-state index is 12.9. The molecule has 1 amide bonds. The van der Waals surface area contributed by atoms with Crippen LogP contribution in [0.3, 0.4) is 0 Å². The molecule has 0 spiro atoms. The minimum Gasteiger partial charge on any atom is -0.272 e. The third-order valence-electron chi connectivity index (χ3n) is 4.16. The molecule has 2 aromatic rings. The van der Waals surface area contributed by atoms with Gasteiger partial charge in [0.2, 0.25) is 10.0 Å². The molecule has 0 bridgehead atoms. The predicted octanol–water partition coefficient (Wildman–Crippen LogP) is 3.10. The Bertz CT molecular complexity index is 961. The molecule has 0 aliphatic heterocycles. The Kier molecular flexibility index (Phi) is 7.40.